The van der Waals surface area contributed by atoms with Crippen LogP contribution in [0.15, 0.2) is 0 Å². The van der Waals surface area contributed by atoms with Gasteiger partial charge in [0, 0.05) is 0 Å². The van der Waals surface area contributed by atoms with Gasteiger partial charge in [-0.15, -0.1) is 23.2 Å². The van der Waals surface area contributed by atoms with Crippen LogP contribution in [0.4, 0.5) is 0 Å². The molecule has 1 nitrogen and oxygen atoms in total. The van der Waals surface area contributed by atoms with Crippen molar-refractivity contribution >= 4 is 47.8 Å². The van der Waals surface area contributed by atoms with Crippen LogP contribution in [0.5, 0.6) is 0 Å². The lowest BCUT2D eigenvalue weighted by molar-refractivity contribution is 0.611. The van der Waals surface area contributed by atoms with Crippen LogP contribution in [-0.4, -0.2) is 54.4 Å². The fourth-order valence-electron chi connectivity index (χ4n) is 8.26. The van der Waals surface area contributed by atoms with Crippen LogP contribution in [-0.2, 0) is 0 Å². The molecule has 1 unspecified atom stereocenters. The van der Waals surface area contributed by atoms with Crippen molar-refractivity contribution in [3.8, 4) is 0 Å². The van der Waals surface area contributed by atoms with Crippen LogP contribution in [0.2, 0.25) is 43.8 Å². The van der Waals surface area contributed by atoms with E-state index in [1.54, 1.807) is 30.6 Å². The van der Waals surface area contributed by atoms with Gasteiger partial charge in [0.05, 0.1) is 0 Å². The van der Waals surface area contributed by atoms with E-state index in [9.17, 15) is 0 Å². The van der Waals surface area contributed by atoms with Crippen molar-refractivity contribution in [2.45, 2.75) is 290 Å². The predicted molar refractivity (Wildman–Crippen MR) is 276 cm³/mol. The first kappa shape index (κ1) is 58.6. The molecular formula is C49H109BrNPSi3. The van der Waals surface area contributed by atoms with E-state index in [2.05, 4.69) is 80.8 Å². The molecule has 6 heteroatoms. The summed E-state index contributed by atoms with van der Waals surface area (Å²) in [6.07, 6.45) is 53.1. The molecule has 0 aliphatic carbocycles. The minimum absolute atomic E-state index is 0.282. The molecule has 1 rings (SSSR count). The molecule has 0 aromatic carbocycles. The highest BCUT2D eigenvalue weighted by Gasteiger charge is 2.29. The molecule has 334 valence electrons. The van der Waals surface area contributed by atoms with Crippen LogP contribution < -0.4 is 0 Å². The molecule has 1 saturated heterocycles. The topological polar surface area (TPSA) is 3.24 Å². The largest absolute Gasteiger partial charge is 0.351 e. The molecule has 55 heavy (non-hydrogen) atoms. The van der Waals surface area contributed by atoms with Crippen molar-refractivity contribution in [3.63, 3.8) is 0 Å². The molecule has 0 saturated carbocycles. The van der Waals surface area contributed by atoms with Gasteiger partial charge in [-0.05, 0) is 56.9 Å². The van der Waals surface area contributed by atoms with Crippen LogP contribution in [0.25, 0.3) is 0 Å². The second-order valence-electron chi connectivity index (χ2n) is 18.7. The van der Waals surface area contributed by atoms with Crippen molar-refractivity contribution in [1.29, 1.82) is 0 Å². The Labute approximate surface area is 365 Å². The summed E-state index contributed by atoms with van der Waals surface area (Å²) >= 11 is 3.73. The van der Waals surface area contributed by atoms with Crippen molar-refractivity contribution in [1.82, 2.24) is 4.23 Å². The van der Waals surface area contributed by atoms with E-state index in [1.165, 1.54) is 224 Å². The Morgan fingerprint density at radius 1 is 0.473 bits per heavy atom. The van der Waals surface area contributed by atoms with Gasteiger partial charge in [-0.3, -0.25) is 0 Å². The average Bonchev–Trinajstić information content (AvgIpc) is 3.18. The molecule has 0 radical (unpaired) electrons. The van der Waals surface area contributed by atoms with Crippen molar-refractivity contribution in [2.24, 2.45) is 0 Å². The fraction of sp³-hybridized carbons (Fsp3) is 1.00. The van der Waals surface area contributed by atoms with Crippen LogP contribution in [0, 0.1) is 0 Å². The van der Waals surface area contributed by atoms with Crippen molar-refractivity contribution in [2.75, 3.05) is 25.5 Å². The summed E-state index contributed by atoms with van der Waals surface area (Å²) in [7, 11) is 0.774. The Morgan fingerprint density at radius 2 is 0.782 bits per heavy atom. The summed E-state index contributed by atoms with van der Waals surface area (Å²) in [5.74, 6) is 0. The van der Waals surface area contributed by atoms with Gasteiger partial charge in [0.2, 0.25) is 0 Å². The van der Waals surface area contributed by atoms with Gasteiger partial charge in [0.25, 0.3) is 0 Å². The van der Waals surface area contributed by atoms with E-state index in [0.29, 0.717) is 7.92 Å². The molecule has 0 bridgehead atoms. The molecule has 0 N–H and O–H groups in total. The van der Waals surface area contributed by atoms with E-state index in [0.717, 1.165) is 0 Å². The van der Waals surface area contributed by atoms with Gasteiger partial charge < -0.3 is 4.23 Å². The normalized spacial score (nSPS) is 14.2. The lowest BCUT2D eigenvalue weighted by atomic mass is 10.1. The second kappa shape index (κ2) is 46.6. The molecule has 1 fully saturated rings. The van der Waals surface area contributed by atoms with Crippen LogP contribution >= 0.6 is 23.2 Å². The minimum Gasteiger partial charge on any atom is -0.351 e. The van der Waals surface area contributed by atoms with E-state index >= 15 is 0 Å². The van der Waals surface area contributed by atoms with Gasteiger partial charge >= 0.3 is 0 Å². The molecule has 1 aliphatic heterocycles. The third kappa shape index (κ3) is 43.4. The van der Waals surface area contributed by atoms with Crippen LogP contribution in [0.1, 0.15) is 247 Å². The van der Waals surface area contributed by atoms with Gasteiger partial charge in [-0.1, -0.05) is 259 Å². The fourth-order valence-corrected chi connectivity index (χ4v) is 22.9. The molecular weight excluding hydrogens is 798 g/mol. The smallest absolute Gasteiger partial charge is 0.115 e. The standard InChI is InChI=1S/C24H51P.C20H47NSi2.C5H11BrSi/c1-4-7-10-13-16-19-22-25(23-20-17-14-11-8-5-2)24-21-18-15-12-9-6-3;1-7-9-11-13-15-17-19-22(4)21(3)23(5,6)20-18-16-14-12-10-8-2;6-7-4-2-1-3-5-7/h4-24H2,1-3H3;22H,7-20H2,1-6H3;7H,1-5H2. The van der Waals surface area contributed by atoms with Gasteiger partial charge in [-0.2, -0.15) is 0 Å². The van der Waals surface area contributed by atoms with Gasteiger partial charge in [-0.25, -0.2) is 0 Å². The SMILES string of the molecule is Br[SiH]1CCCCC1.CCCCCCCCP(CCCCCCCC)CCCCCCCC.CCCCCCCC[SiH](C)N(C)[Si](C)(C)CCCCCCCC. The lowest BCUT2D eigenvalue weighted by Crippen LogP contribution is -2.52. The number of halogens is 1. The molecule has 1 atom stereocenters. The first-order chi connectivity index (χ1) is 26.7. The Bertz CT molecular complexity index is 670. The Morgan fingerprint density at radius 3 is 1.11 bits per heavy atom. The quantitative estimate of drug-likeness (QED) is 0.0260. The first-order valence-corrected chi connectivity index (χ1v) is 38.1. The third-order valence-corrected chi connectivity index (χ3v) is 29.9. The molecule has 1 heterocycles. The summed E-state index contributed by atoms with van der Waals surface area (Å²) in [6.45, 7) is 19.4. The summed E-state index contributed by atoms with van der Waals surface area (Å²) in [5, 5.41) is 0. The lowest BCUT2D eigenvalue weighted by Gasteiger charge is -2.38. The maximum atomic E-state index is 3.73. The molecule has 1 aliphatic rings. The molecule has 0 spiro atoms. The number of nitrogens with zero attached hydrogens (tertiary/aromatic N) is 1. The number of hydrogen-bond donors (Lipinski definition) is 0. The number of unbranched alkanes of at least 4 members (excludes halogenated alkanes) is 25. The summed E-state index contributed by atoms with van der Waals surface area (Å²) < 4.78 is 2.92. The highest BCUT2D eigenvalue weighted by Crippen LogP contribution is 2.39. The Kier molecular flexibility index (Phi) is 49.6. The number of hydrogen-bond acceptors (Lipinski definition) is 1. The molecule has 0 aromatic rings. The second-order valence-corrected chi connectivity index (χ2v) is 36.0. The predicted octanol–water partition coefficient (Wildman–Crippen LogP) is 19.0. The zero-order valence-electron chi connectivity index (χ0n) is 40.2. The van der Waals surface area contributed by atoms with Crippen molar-refractivity contribution in [3.05, 3.63) is 0 Å². The zero-order chi connectivity index (χ0) is 41.1. The third-order valence-electron chi connectivity index (χ3n) is 12.8. The highest BCUT2D eigenvalue weighted by atomic mass is 79.9. The van der Waals surface area contributed by atoms with E-state index in [4.69, 9.17) is 0 Å². The van der Waals surface area contributed by atoms with E-state index in [-0.39, 0.29) is 7.42 Å². The summed E-state index contributed by atoms with van der Waals surface area (Å²) in [4.78, 5) is 0. The summed E-state index contributed by atoms with van der Waals surface area (Å²) in [6, 6.07) is 6.14. The number of rotatable bonds is 37. The van der Waals surface area contributed by atoms with E-state index < -0.39 is 17.2 Å². The molecule has 0 aromatic heterocycles. The zero-order valence-corrected chi connectivity index (χ0v) is 46.0. The first-order valence-electron chi connectivity index (χ1n) is 25.8. The van der Waals surface area contributed by atoms with Gasteiger partial charge in [0.1, 0.15) is 24.6 Å². The minimum atomic E-state index is -1.12. The average molecular weight is 908 g/mol. The Hall–Kier alpha value is 1.52. The summed E-state index contributed by atoms with van der Waals surface area (Å²) in [5.41, 5.74) is 0. The maximum Gasteiger partial charge on any atom is 0.115 e. The maximum absolute atomic E-state index is 3.73. The van der Waals surface area contributed by atoms with Crippen LogP contribution in [0.3, 0.4) is 0 Å². The monoisotopic (exact) mass is 906 g/mol. The van der Waals surface area contributed by atoms with Crippen molar-refractivity contribution < 1.29 is 0 Å². The Balaban J connectivity index is 0. The van der Waals surface area contributed by atoms with Gasteiger partial charge in [0.15, 0.2) is 0 Å². The molecule has 0 amide bonds. The van der Waals surface area contributed by atoms with E-state index in [1.807, 2.05) is 0 Å². The highest BCUT2D eigenvalue weighted by molar-refractivity contribution is 9.24.